The number of hydroxylamine groups is 1. The van der Waals surface area contributed by atoms with E-state index in [9.17, 15) is 13.2 Å². The summed E-state index contributed by atoms with van der Waals surface area (Å²) in [4.78, 5) is 17.4. The number of hydrogen-bond donors (Lipinski definition) is 1. The van der Waals surface area contributed by atoms with E-state index in [1.807, 2.05) is 24.3 Å². The van der Waals surface area contributed by atoms with Crippen molar-refractivity contribution in [3.8, 4) is 11.5 Å². The molecule has 2 rings (SSSR count). The Balaban J connectivity index is 1.79. The molecule has 0 radical (unpaired) electrons. The summed E-state index contributed by atoms with van der Waals surface area (Å²) in [6.45, 7) is 2.03. The van der Waals surface area contributed by atoms with Gasteiger partial charge in [-0.15, -0.1) is 0 Å². The van der Waals surface area contributed by atoms with Crippen LogP contribution in [0.3, 0.4) is 0 Å². The normalized spacial score (nSPS) is 12.3. The summed E-state index contributed by atoms with van der Waals surface area (Å²) in [5, 5.41) is 0. The third kappa shape index (κ3) is 7.28. The lowest BCUT2D eigenvalue weighted by molar-refractivity contribution is -0.138. The molecule has 1 N–H and O–H groups in total. The smallest absolute Gasteiger partial charge is 0.306 e. The van der Waals surface area contributed by atoms with E-state index in [-0.39, 0.29) is 24.2 Å². The molecule has 0 aliphatic heterocycles. The number of rotatable bonds is 9. The Bertz CT molecular complexity index is 847. The monoisotopic (exact) mass is 393 g/mol. The Hall–Kier alpha value is -2.58. The van der Waals surface area contributed by atoms with Gasteiger partial charge in [-0.05, 0) is 41.8 Å². The molecule has 2 aromatic rings. The highest BCUT2D eigenvalue weighted by atomic mass is 32.2. The maximum atomic E-state index is 12.1. The van der Waals surface area contributed by atoms with Crippen molar-refractivity contribution in [3.05, 3.63) is 59.7 Å². The fourth-order valence-corrected chi connectivity index (χ4v) is 2.78. The van der Waals surface area contributed by atoms with Gasteiger partial charge in [-0.1, -0.05) is 31.2 Å². The summed E-state index contributed by atoms with van der Waals surface area (Å²) in [5.41, 5.74) is 4.24. The molecule has 0 spiro atoms. The summed E-state index contributed by atoms with van der Waals surface area (Å²) in [7, 11) is -1.95. The van der Waals surface area contributed by atoms with Gasteiger partial charge in [0, 0.05) is 5.92 Å². The van der Waals surface area contributed by atoms with Crippen LogP contribution in [0.4, 0.5) is 0 Å². The maximum Gasteiger partial charge on any atom is 0.306 e. The van der Waals surface area contributed by atoms with Gasteiger partial charge in [-0.25, -0.2) is 5.48 Å². The Labute approximate surface area is 159 Å². The van der Waals surface area contributed by atoms with E-state index >= 15 is 0 Å². The first kappa shape index (κ1) is 20.7. The molecule has 0 saturated carbocycles. The molecule has 1 atom stereocenters. The molecular formula is C19H23NO6S. The highest BCUT2D eigenvalue weighted by molar-refractivity contribution is 7.86. The van der Waals surface area contributed by atoms with Gasteiger partial charge in [0.15, 0.2) is 0 Å². The minimum atomic E-state index is -3.55. The van der Waals surface area contributed by atoms with E-state index in [1.165, 1.54) is 0 Å². The zero-order chi connectivity index (χ0) is 19.9. The lowest BCUT2D eigenvalue weighted by atomic mass is 10.0. The van der Waals surface area contributed by atoms with Gasteiger partial charge in [-0.3, -0.25) is 9.63 Å². The molecule has 0 saturated heterocycles. The van der Waals surface area contributed by atoms with Crippen molar-refractivity contribution in [2.24, 2.45) is 5.92 Å². The van der Waals surface area contributed by atoms with Gasteiger partial charge in [-0.2, -0.15) is 8.42 Å². The SMILES string of the molecule is COc1ccc(CONC(=O)C(C)Cc2ccc(OS(C)(=O)=O)cc2)cc1. The molecular weight excluding hydrogens is 370 g/mol. The molecule has 0 aromatic heterocycles. The average molecular weight is 393 g/mol. The van der Waals surface area contributed by atoms with Crippen molar-refractivity contribution in [1.29, 1.82) is 0 Å². The number of amides is 1. The molecule has 0 bridgehead atoms. The van der Waals surface area contributed by atoms with Gasteiger partial charge in [0.2, 0.25) is 5.91 Å². The molecule has 7 nitrogen and oxygen atoms in total. The lowest BCUT2D eigenvalue weighted by Gasteiger charge is -2.13. The van der Waals surface area contributed by atoms with Crippen molar-refractivity contribution < 1.29 is 27.0 Å². The van der Waals surface area contributed by atoms with Crippen molar-refractivity contribution in [2.75, 3.05) is 13.4 Å². The number of methoxy groups -OCH3 is 1. The van der Waals surface area contributed by atoms with Gasteiger partial charge in [0.05, 0.1) is 20.0 Å². The molecule has 0 aliphatic rings. The van der Waals surface area contributed by atoms with Crippen LogP contribution >= 0.6 is 0 Å². The first-order valence-electron chi connectivity index (χ1n) is 8.30. The summed E-state index contributed by atoms with van der Waals surface area (Å²) in [5.74, 6) is 0.438. The van der Waals surface area contributed by atoms with Crippen molar-refractivity contribution >= 4 is 16.0 Å². The van der Waals surface area contributed by atoms with Crippen LogP contribution in [-0.2, 0) is 32.8 Å². The third-order valence-electron chi connectivity index (χ3n) is 3.73. The maximum absolute atomic E-state index is 12.1. The predicted octanol–water partition coefficient (Wildman–Crippen LogP) is 2.46. The number of benzene rings is 2. The van der Waals surface area contributed by atoms with Gasteiger partial charge in [0.1, 0.15) is 11.5 Å². The molecule has 1 unspecified atom stereocenters. The molecule has 146 valence electrons. The fourth-order valence-electron chi connectivity index (χ4n) is 2.32. The van der Waals surface area contributed by atoms with E-state index in [0.29, 0.717) is 6.42 Å². The second-order valence-electron chi connectivity index (χ2n) is 6.14. The molecule has 0 fully saturated rings. The standard InChI is InChI=1S/C19H23NO6S/c1-14(12-15-4-10-18(11-5-15)26-27(3,22)23)19(21)20-25-13-16-6-8-17(24-2)9-7-16/h4-11,14H,12-13H2,1-3H3,(H,20,21). The van der Waals surface area contributed by atoms with E-state index in [2.05, 4.69) is 5.48 Å². The zero-order valence-corrected chi connectivity index (χ0v) is 16.3. The molecule has 1 amide bonds. The minimum absolute atomic E-state index is 0.236. The Morgan fingerprint density at radius 3 is 2.11 bits per heavy atom. The number of nitrogens with one attached hydrogen (secondary N) is 1. The van der Waals surface area contributed by atoms with Gasteiger partial charge >= 0.3 is 10.1 Å². The average Bonchev–Trinajstić information content (AvgIpc) is 2.62. The second-order valence-corrected chi connectivity index (χ2v) is 7.71. The summed E-state index contributed by atoms with van der Waals surface area (Å²) in [6, 6.07) is 13.9. The highest BCUT2D eigenvalue weighted by Crippen LogP contribution is 2.17. The molecule has 8 heteroatoms. The van der Waals surface area contributed by atoms with Crippen LogP contribution in [0.15, 0.2) is 48.5 Å². The van der Waals surface area contributed by atoms with Crippen LogP contribution in [0, 0.1) is 5.92 Å². The lowest BCUT2D eigenvalue weighted by Crippen LogP contribution is -2.30. The zero-order valence-electron chi connectivity index (χ0n) is 15.5. The topological polar surface area (TPSA) is 90.9 Å². The molecule has 2 aromatic carbocycles. The predicted molar refractivity (Wildman–Crippen MR) is 101 cm³/mol. The van der Waals surface area contributed by atoms with Crippen LogP contribution in [0.5, 0.6) is 11.5 Å². The Kier molecular flexibility index (Phi) is 7.20. The first-order valence-corrected chi connectivity index (χ1v) is 10.1. The van der Waals surface area contributed by atoms with E-state index in [4.69, 9.17) is 13.8 Å². The van der Waals surface area contributed by atoms with Crippen LogP contribution in [0.25, 0.3) is 0 Å². The highest BCUT2D eigenvalue weighted by Gasteiger charge is 2.14. The number of ether oxygens (including phenoxy) is 1. The van der Waals surface area contributed by atoms with E-state index in [0.717, 1.165) is 23.1 Å². The second kappa shape index (κ2) is 9.38. The quantitative estimate of drug-likeness (QED) is 0.520. The largest absolute Gasteiger partial charge is 0.497 e. The molecule has 0 aliphatic carbocycles. The van der Waals surface area contributed by atoms with Gasteiger partial charge < -0.3 is 8.92 Å². The minimum Gasteiger partial charge on any atom is -0.497 e. The van der Waals surface area contributed by atoms with Crippen LogP contribution < -0.4 is 14.4 Å². The van der Waals surface area contributed by atoms with Crippen molar-refractivity contribution in [3.63, 3.8) is 0 Å². The van der Waals surface area contributed by atoms with Crippen LogP contribution in [0.1, 0.15) is 18.1 Å². The Morgan fingerprint density at radius 1 is 1.00 bits per heavy atom. The summed E-state index contributed by atoms with van der Waals surface area (Å²) in [6.07, 6.45) is 1.47. The molecule has 0 heterocycles. The number of carbonyl (C=O) groups is 1. The third-order valence-corrected chi connectivity index (χ3v) is 4.23. The van der Waals surface area contributed by atoms with Gasteiger partial charge in [0.25, 0.3) is 0 Å². The van der Waals surface area contributed by atoms with Crippen LogP contribution in [-0.4, -0.2) is 27.7 Å². The number of hydrogen-bond acceptors (Lipinski definition) is 6. The number of carbonyl (C=O) groups excluding carboxylic acids is 1. The molecule has 27 heavy (non-hydrogen) atoms. The van der Waals surface area contributed by atoms with Crippen LogP contribution in [0.2, 0.25) is 0 Å². The van der Waals surface area contributed by atoms with Crippen molar-refractivity contribution in [1.82, 2.24) is 5.48 Å². The van der Waals surface area contributed by atoms with Crippen molar-refractivity contribution in [2.45, 2.75) is 20.0 Å². The Morgan fingerprint density at radius 2 is 1.56 bits per heavy atom. The summed E-state index contributed by atoms with van der Waals surface area (Å²) >= 11 is 0. The summed E-state index contributed by atoms with van der Waals surface area (Å²) < 4.78 is 32.1. The van der Waals surface area contributed by atoms with E-state index in [1.54, 1.807) is 38.3 Å². The fraction of sp³-hybridized carbons (Fsp3) is 0.316. The first-order chi connectivity index (χ1) is 12.8. The van der Waals surface area contributed by atoms with E-state index < -0.39 is 10.1 Å².